The van der Waals surface area contributed by atoms with E-state index in [1.165, 1.54) is 12.0 Å². The predicted octanol–water partition coefficient (Wildman–Crippen LogP) is 2.69. The first-order chi connectivity index (χ1) is 7.28. The van der Waals surface area contributed by atoms with Crippen LogP contribution in [0.1, 0.15) is 31.2 Å². The highest BCUT2D eigenvalue weighted by atomic mass is 16.5. The van der Waals surface area contributed by atoms with Crippen molar-refractivity contribution in [3.05, 3.63) is 35.4 Å². The molecule has 1 aromatic rings. The molecule has 1 atom stereocenters. The van der Waals surface area contributed by atoms with Gasteiger partial charge in [-0.05, 0) is 37.0 Å². The van der Waals surface area contributed by atoms with Gasteiger partial charge >= 0.3 is 0 Å². The second kappa shape index (κ2) is 3.11. The maximum absolute atomic E-state index is 6.29. The summed E-state index contributed by atoms with van der Waals surface area (Å²) in [7, 11) is 0. The summed E-state index contributed by atoms with van der Waals surface area (Å²) in [5.74, 6) is 0.922. The smallest absolute Gasteiger partial charge is 0.181 e. The van der Waals surface area contributed by atoms with Crippen LogP contribution in [0.4, 0.5) is 0 Å². The van der Waals surface area contributed by atoms with Crippen LogP contribution in [-0.2, 0) is 0 Å². The zero-order valence-corrected chi connectivity index (χ0v) is 8.70. The van der Waals surface area contributed by atoms with E-state index in [0.717, 1.165) is 30.6 Å². The van der Waals surface area contributed by atoms with Gasteiger partial charge in [-0.2, -0.15) is 0 Å². The van der Waals surface area contributed by atoms with Crippen LogP contribution in [0.25, 0.3) is 6.08 Å². The molecule has 0 radical (unpaired) electrons. The first kappa shape index (κ1) is 8.98. The van der Waals surface area contributed by atoms with E-state index >= 15 is 0 Å². The summed E-state index contributed by atoms with van der Waals surface area (Å²) in [6.45, 7) is 0. The molecule has 2 N–H and O–H groups in total. The molecule has 15 heavy (non-hydrogen) atoms. The molecular weight excluding hydrogens is 186 g/mol. The molecule has 1 saturated carbocycles. The van der Waals surface area contributed by atoms with Crippen molar-refractivity contribution in [1.29, 1.82) is 0 Å². The molecule has 0 aromatic heterocycles. The van der Waals surface area contributed by atoms with E-state index in [2.05, 4.69) is 12.1 Å². The number of benzene rings is 1. The number of fused-ring (bicyclic) bond motifs is 2. The summed E-state index contributed by atoms with van der Waals surface area (Å²) in [6.07, 6.45) is 6.61. The van der Waals surface area contributed by atoms with Crippen molar-refractivity contribution in [3.63, 3.8) is 0 Å². The minimum absolute atomic E-state index is 0.521. The standard InChI is InChI=1S/C13H15NO/c14-13-8-4-3-6-11(13)9-10-5-1-2-7-12(10)15-13/h1-2,5,7,9H,3-4,6,8,14H2. The Hall–Kier alpha value is -1.28. The molecule has 0 saturated heterocycles. The number of rotatable bonds is 0. The van der Waals surface area contributed by atoms with E-state index < -0.39 is 5.72 Å². The first-order valence-corrected chi connectivity index (χ1v) is 5.56. The van der Waals surface area contributed by atoms with Crippen LogP contribution < -0.4 is 10.5 Å². The highest BCUT2D eigenvalue weighted by Crippen LogP contribution is 2.40. The van der Waals surface area contributed by atoms with Gasteiger partial charge in [-0.25, -0.2) is 0 Å². The number of ether oxygens (including phenoxy) is 1. The largest absolute Gasteiger partial charge is 0.469 e. The van der Waals surface area contributed by atoms with Gasteiger partial charge in [0.1, 0.15) is 5.75 Å². The molecule has 1 heterocycles. The Bertz CT molecular complexity index is 424. The van der Waals surface area contributed by atoms with Gasteiger partial charge in [-0.15, -0.1) is 0 Å². The molecule has 1 aliphatic carbocycles. The van der Waals surface area contributed by atoms with Crippen LogP contribution >= 0.6 is 0 Å². The van der Waals surface area contributed by atoms with E-state index in [1.54, 1.807) is 0 Å². The van der Waals surface area contributed by atoms with Crippen molar-refractivity contribution < 1.29 is 4.74 Å². The van der Waals surface area contributed by atoms with Crippen LogP contribution in [0.3, 0.4) is 0 Å². The van der Waals surface area contributed by atoms with Gasteiger partial charge < -0.3 is 4.74 Å². The van der Waals surface area contributed by atoms with Crippen molar-refractivity contribution in [2.45, 2.75) is 31.4 Å². The number of para-hydroxylation sites is 1. The molecule has 0 spiro atoms. The lowest BCUT2D eigenvalue weighted by Crippen LogP contribution is -2.50. The van der Waals surface area contributed by atoms with Gasteiger partial charge in [0, 0.05) is 12.0 Å². The first-order valence-electron chi connectivity index (χ1n) is 5.56. The van der Waals surface area contributed by atoms with E-state index in [-0.39, 0.29) is 0 Å². The van der Waals surface area contributed by atoms with Gasteiger partial charge in [0.15, 0.2) is 5.72 Å². The quantitative estimate of drug-likeness (QED) is 0.700. The highest BCUT2D eigenvalue weighted by Gasteiger charge is 2.37. The second-order valence-corrected chi connectivity index (χ2v) is 4.41. The average molecular weight is 201 g/mol. The van der Waals surface area contributed by atoms with Gasteiger partial charge in [0.2, 0.25) is 0 Å². The Kier molecular flexibility index (Phi) is 1.86. The molecule has 2 aliphatic rings. The third-order valence-corrected chi connectivity index (χ3v) is 3.33. The fourth-order valence-electron chi connectivity index (χ4n) is 2.46. The summed E-state index contributed by atoms with van der Waals surface area (Å²) >= 11 is 0. The Morgan fingerprint density at radius 2 is 2.07 bits per heavy atom. The molecule has 1 aromatic carbocycles. The molecule has 1 aliphatic heterocycles. The molecule has 2 nitrogen and oxygen atoms in total. The highest BCUT2D eigenvalue weighted by molar-refractivity contribution is 5.64. The fourth-order valence-corrected chi connectivity index (χ4v) is 2.46. The normalized spacial score (nSPS) is 28.5. The third-order valence-electron chi connectivity index (χ3n) is 3.33. The average Bonchev–Trinajstić information content (AvgIpc) is 2.25. The Balaban J connectivity index is 2.09. The Morgan fingerprint density at radius 3 is 3.00 bits per heavy atom. The van der Waals surface area contributed by atoms with Crippen LogP contribution in [0.15, 0.2) is 29.8 Å². The van der Waals surface area contributed by atoms with Crippen LogP contribution in [-0.4, -0.2) is 5.72 Å². The molecule has 2 heteroatoms. The molecule has 3 rings (SSSR count). The molecule has 0 bridgehead atoms. The van der Waals surface area contributed by atoms with E-state index in [1.807, 2.05) is 18.2 Å². The van der Waals surface area contributed by atoms with Crippen LogP contribution in [0.2, 0.25) is 0 Å². The number of hydrogen-bond acceptors (Lipinski definition) is 2. The molecule has 0 amide bonds. The van der Waals surface area contributed by atoms with Crippen molar-refractivity contribution in [1.82, 2.24) is 0 Å². The SMILES string of the molecule is NC12CCCCC1=Cc1ccccc1O2. The zero-order chi connectivity index (χ0) is 10.3. The Labute approximate surface area is 89.7 Å². The topological polar surface area (TPSA) is 35.2 Å². The monoisotopic (exact) mass is 201 g/mol. The lowest BCUT2D eigenvalue weighted by molar-refractivity contribution is 0.0827. The van der Waals surface area contributed by atoms with E-state index in [9.17, 15) is 0 Å². The summed E-state index contributed by atoms with van der Waals surface area (Å²) < 4.78 is 5.93. The Morgan fingerprint density at radius 1 is 1.20 bits per heavy atom. The number of hydrogen-bond donors (Lipinski definition) is 1. The molecular formula is C13H15NO. The number of nitrogens with two attached hydrogens (primary N) is 1. The summed E-state index contributed by atoms with van der Waals surface area (Å²) in [6, 6.07) is 8.10. The molecule has 1 unspecified atom stereocenters. The van der Waals surface area contributed by atoms with Crippen LogP contribution in [0, 0.1) is 0 Å². The predicted molar refractivity (Wildman–Crippen MR) is 60.4 cm³/mol. The van der Waals surface area contributed by atoms with Crippen molar-refractivity contribution in [2.75, 3.05) is 0 Å². The maximum Gasteiger partial charge on any atom is 0.181 e. The van der Waals surface area contributed by atoms with Gasteiger partial charge in [-0.3, -0.25) is 5.73 Å². The lowest BCUT2D eigenvalue weighted by Gasteiger charge is -2.39. The van der Waals surface area contributed by atoms with E-state index in [0.29, 0.717) is 0 Å². The van der Waals surface area contributed by atoms with Gasteiger partial charge in [-0.1, -0.05) is 18.2 Å². The third kappa shape index (κ3) is 1.37. The second-order valence-electron chi connectivity index (χ2n) is 4.41. The van der Waals surface area contributed by atoms with Crippen molar-refractivity contribution in [3.8, 4) is 5.75 Å². The molecule has 1 fully saturated rings. The fraction of sp³-hybridized carbons (Fsp3) is 0.385. The van der Waals surface area contributed by atoms with Crippen molar-refractivity contribution in [2.24, 2.45) is 5.73 Å². The minimum atomic E-state index is -0.521. The summed E-state index contributed by atoms with van der Waals surface area (Å²) in [5, 5.41) is 0. The minimum Gasteiger partial charge on any atom is -0.469 e. The lowest BCUT2D eigenvalue weighted by atomic mass is 9.84. The van der Waals surface area contributed by atoms with E-state index in [4.69, 9.17) is 10.5 Å². The summed E-state index contributed by atoms with van der Waals surface area (Å²) in [5.41, 5.74) is 8.19. The van der Waals surface area contributed by atoms with Crippen LogP contribution in [0.5, 0.6) is 5.75 Å². The summed E-state index contributed by atoms with van der Waals surface area (Å²) in [4.78, 5) is 0. The van der Waals surface area contributed by atoms with Gasteiger partial charge in [0.05, 0.1) is 0 Å². The molecule has 78 valence electrons. The van der Waals surface area contributed by atoms with Gasteiger partial charge in [0.25, 0.3) is 0 Å². The van der Waals surface area contributed by atoms with Crippen molar-refractivity contribution >= 4 is 6.08 Å². The maximum atomic E-state index is 6.29. The zero-order valence-electron chi connectivity index (χ0n) is 8.70.